The lowest BCUT2D eigenvalue weighted by Gasteiger charge is -2.38. The van der Waals surface area contributed by atoms with E-state index in [4.69, 9.17) is 4.74 Å². The SMILES string of the molecule is COc1ccc2c(c1)CCN(C1CCN(c3cc(C(=O)N4CC5CC(=O)Nc6cccc4c65)ccn3)CC1)C(=O)N2. The fourth-order valence-corrected chi connectivity index (χ4v) is 6.71. The summed E-state index contributed by atoms with van der Waals surface area (Å²) in [6.07, 6.45) is 4.48. The highest BCUT2D eigenvalue weighted by atomic mass is 16.5. The fourth-order valence-electron chi connectivity index (χ4n) is 6.71. The van der Waals surface area contributed by atoms with Crippen LogP contribution >= 0.6 is 0 Å². The lowest BCUT2D eigenvalue weighted by Crippen LogP contribution is -2.49. The smallest absolute Gasteiger partial charge is 0.322 e. The zero-order valence-electron chi connectivity index (χ0n) is 22.9. The van der Waals surface area contributed by atoms with Crippen LogP contribution in [0.5, 0.6) is 5.75 Å². The van der Waals surface area contributed by atoms with Crippen molar-refractivity contribution in [1.29, 1.82) is 0 Å². The number of benzene rings is 2. The predicted octanol–water partition coefficient (Wildman–Crippen LogP) is 4.24. The second-order valence-corrected chi connectivity index (χ2v) is 11.1. The Kier molecular flexibility index (Phi) is 6.25. The van der Waals surface area contributed by atoms with Crippen molar-refractivity contribution in [2.45, 2.75) is 37.6 Å². The summed E-state index contributed by atoms with van der Waals surface area (Å²) in [7, 11) is 1.65. The quantitative estimate of drug-likeness (QED) is 0.502. The van der Waals surface area contributed by atoms with E-state index in [9.17, 15) is 14.4 Å². The van der Waals surface area contributed by atoms with E-state index in [0.717, 1.165) is 72.1 Å². The summed E-state index contributed by atoms with van der Waals surface area (Å²) in [6, 6.07) is 15.2. The molecule has 7 rings (SSSR count). The number of methoxy groups -OCH3 is 1. The van der Waals surface area contributed by atoms with Gasteiger partial charge in [-0.05, 0) is 67.3 Å². The van der Waals surface area contributed by atoms with Crippen LogP contribution in [0.4, 0.5) is 27.7 Å². The molecule has 2 aromatic carbocycles. The molecule has 0 saturated carbocycles. The first-order valence-electron chi connectivity index (χ1n) is 14.2. The third kappa shape index (κ3) is 4.53. The second-order valence-electron chi connectivity index (χ2n) is 11.1. The molecule has 3 aromatic rings. The first-order chi connectivity index (χ1) is 20.0. The Balaban J connectivity index is 1.03. The first-order valence-corrected chi connectivity index (χ1v) is 14.2. The minimum Gasteiger partial charge on any atom is -0.497 e. The lowest BCUT2D eigenvalue weighted by molar-refractivity contribution is -0.116. The molecule has 4 aliphatic rings. The molecule has 4 aliphatic heterocycles. The molecule has 0 bridgehead atoms. The molecule has 1 fully saturated rings. The Bertz CT molecular complexity index is 1550. The number of hydrogen-bond donors (Lipinski definition) is 2. The lowest BCUT2D eigenvalue weighted by atomic mass is 9.92. The number of rotatable bonds is 4. The molecule has 0 spiro atoms. The monoisotopic (exact) mass is 552 g/mol. The van der Waals surface area contributed by atoms with Gasteiger partial charge in [0.1, 0.15) is 11.6 Å². The van der Waals surface area contributed by atoms with E-state index < -0.39 is 0 Å². The van der Waals surface area contributed by atoms with Crippen molar-refractivity contribution in [3.8, 4) is 5.75 Å². The number of aromatic nitrogens is 1. The number of fused-ring (bicyclic) bond motifs is 1. The summed E-state index contributed by atoms with van der Waals surface area (Å²) in [5.74, 6) is 1.48. The van der Waals surface area contributed by atoms with Gasteiger partial charge in [0, 0.05) is 78.9 Å². The highest BCUT2D eigenvalue weighted by Crippen LogP contribution is 2.45. The molecular weight excluding hydrogens is 520 g/mol. The zero-order valence-corrected chi connectivity index (χ0v) is 22.9. The van der Waals surface area contributed by atoms with Gasteiger partial charge in [0.15, 0.2) is 0 Å². The molecule has 10 nitrogen and oxygen atoms in total. The highest BCUT2D eigenvalue weighted by Gasteiger charge is 2.39. The van der Waals surface area contributed by atoms with Crippen LogP contribution < -0.4 is 25.2 Å². The van der Waals surface area contributed by atoms with Gasteiger partial charge in [-0.1, -0.05) is 6.07 Å². The Hall–Kier alpha value is -4.60. The Labute approximate surface area is 238 Å². The number of piperidine rings is 1. The van der Waals surface area contributed by atoms with E-state index in [-0.39, 0.29) is 29.8 Å². The number of carbonyl (C=O) groups is 3. The number of ether oxygens (including phenoxy) is 1. The molecule has 41 heavy (non-hydrogen) atoms. The van der Waals surface area contributed by atoms with Crippen molar-refractivity contribution in [2.75, 3.05) is 53.7 Å². The fraction of sp³-hybridized carbons (Fsp3) is 0.355. The van der Waals surface area contributed by atoms with Crippen LogP contribution in [0.3, 0.4) is 0 Å². The van der Waals surface area contributed by atoms with Crippen molar-refractivity contribution < 1.29 is 19.1 Å². The third-order valence-electron chi connectivity index (χ3n) is 8.79. The third-order valence-corrected chi connectivity index (χ3v) is 8.79. The Morgan fingerprint density at radius 1 is 1.00 bits per heavy atom. The maximum absolute atomic E-state index is 13.7. The van der Waals surface area contributed by atoms with Gasteiger partial charge in [-0.3, -0.25) is 9.59 Å². The maximum atomic E-state index is 13.7. The molecule has 1 aromatic heterocycles. The number of nitrogens with zero attached hydrogens (tertiary/aromatic N) is 4. The van der Waals surface area contributed by atoms with Crippen LogP contribution in [0.15, 0.2) is 54.7 Å². The second kappa shape index (κ2) is 10.1. The van der Waals surface area contributed by atoms with E-state index in [1.165, 1.54) is 0 Å². The van der Waals surface area contributed by atoms with Crippen LogP contribution in [-0.2, 0) is 11.2 Å². The van der Waals surface area contributed by atoms with Gasteiger partial charge in [-0.15, -0.1) is 0 Å². The molecule has 0 radical (unpaired) electrons. The normalized spacial score (nSPS) is 20.1. The predicted molar refractivity (Wildman–Crippen MR) is 156 cm³/mol. The summed E-state index contributed by atoms with van der Waals surface area (Å²) in [4.78, 5) is 49.5. The van der Waals surface area contributed by atoms with E-state index in [1.807, 2.05) is 47.4 Å². The highest BCUT2D eigenvalue weighted by molar-refractivity contribution is 6.10. The molecule has 0 aliphatic carbocycles. The van der Waals surface area contributed by atoms with Crippen LogP contribution in [-0.4, -0.2) is 67.1 Å². The average molecular weight is 553 g/mol. The van der Waals surface area contributed by atoms with Crippen LogP contribution in [0, 0.1) is 0 Å². The van der Waals surface area contributed by atoms with Gasteiger partial charge >= 0.3 is 6.03 Å². The molecule has 210 valence electrons. The topological polar surface area (TPSA) is 107 Å². The summed E-state index contributed by atoms with van der Waals surface area (Å²) < 4.78 is 5.36. The minimum absolute atomic E-state index is 0.00836. The van der Waals surface area contributed by atoms with Gasteiger partial charge in [0.2, 0.25) is 5.91 Å². The summed E-state index contributed by atoms with van der Waals surface area (Å²) in [5, 5.41) is 6.01. The van der Waals surface area contributed by atoms with Crippen LogP contribution in [0.25, 0.3) is 0 Å². The van der Waals surface area contributed by atoms with E-state index in [1.54, 1.807) is 24.3 Å². The summed E-state index contributed by atoms with van der Waals surface area (Å²) in [6.45, 7) is 2.63. The number of amides is 4. The van der Waals surface area contributed by atoms with E-state index in [2.05, 4.69) is 20.5 Å². The van der Waals surface area contributed by atoms with Gasteiger partial charge in [-0.25, -0.2) is 9.78 Å². The van der Waals surface area contributed by atoms with Crippen molar-refractivity contribution in [3.63, 3.8) is 0 Å². The number of hydrogen-bond acceptors (Lipinski definition) is 6. The van der Waals surface area contributed by atoms with E-state index in [0.29, 0.717) is 25.1 Å². The molecule has 4 amide bonds. The number of nitrogens with one attached hydrogen (secondary N) is 2. The average Bonchev–Trinajstić information content (AvgIpc) is 3.28. The molecule has 2 N–H and O–H groups in total. The first kappa shape index (κ1) is 25.4. The number of urea groups is 1. The number of pyridine rings is 1. The maximum Gasteiger partial charge on any atom is 0.322 e. The molecule has 1 unspecified atom stereocenters. The molecular formula is C31H32N6O4. The van der Waals surface area contributed by atoms with Crippen LogP contribution in [0.2, 0.25) is 0 Å². The number of anilines is 4. The Morgan fingerprint density at radius 2 is 1.85 bits per heavy atom. The largest absolute Gasteiger partial charge is 0.497 e. The molecule has 5 heterocycles. The zero-order chi connectivity index (χ0) is 28.1. The van der Waals surface area contributed by atoms with Crippen molar-refractivity contribution >= 4 is 40.7 Å². The van der Waals surface area contributed by atoms with Crippen molar-refractivity contribution in [3.05, 3.63) is 71.4 Å². The van der Waals surface area contributed by atoms with Crippen molar-refractivity contribution in [1.82, 2.24) is 9.88 Å². The number of carbonyl (C=O) groups excluding carboxylic acids is 3. The van der Waals surface area contributed by atoms with E-state index >= 15 is 0 Å². The molecule has 1 saturated heterocycles. The molecule has 10 heteroatoms. The van der Waals surface area contributed by atoms with Crippen molar-refractivity contribution in [2.24, 2.45) is 0 Å². The van der Waals surface area contributed by atoms with Gasteiger partial charge in [0.05, 0.1) is 7.11 Å². The van der Waals surface area contributed by atoms with Gasteiger partial charge in [0.25, 0.3) is 5.91 Å². The standard InChI is InChI=1S/C31H32N6O4/c1-41-23-5-6-24-19(15-23)8-14-36(31(40)34-24)22-9-12-35(13-10-22)27-16-20(7-11-32-27)30(39)37-18-21-17-28(38)33-25-3-2-4-26(37)29(21)25/h2-7,11,15-16,21-22H,8-10,12-14,17-18H2,1H3,(H,33,38)(H,34,40). The van der Waals surface area contributed by atoms with Gasteiger partial charge in [-0.2, -0.15) is 0 Å². The molecule has 1 atom stereocenters. The summed E-state index contributed by atoms with van der Waals surface area (Å²) in [5.41, 5.74) is 5.22. The van der Waals surface area contributed by atoms with Gasteiger partial charge < -0.3 is 30.1 Å². The summed E-state index contributed by atoms with van der Waals surface area (Å²) >= 11 is 0. The minimum atomic E-state index is -0.0868. The van der Waals surface area contributed by atoms with Crippen LogP contribution in [0.1, 0.15) is 46.7 Å². The Morgan fingerprint density at radius 3 is 2.68 bits per heavy atom.